The number of aromatic amines is 1. The molecule has 0 saturated carbocycles. The van der Waals surface area contributed by atoms with Crippen molar-refractivity contribution in [2.75, 3.05) is 13.2 Å². The predicted molar refractivity (Wildman–Crippen MR) is 128 cm³/mol. The van der Waals surface area contributed by atoms with Crippen LogP contribution >= 0.6 is 0 Å². The highest BCUT2D eigenvalue weighted by Gasteiger charge is 2.29. The molecule has 2 atom stereocenters. The third-order valence-corrected chi connectivity index (χ3v) is 6.37. The Morgan fingerprint density at radius 2 is 1.71 bits per heavy atom. The van der Waals surface area contributed by atoms with Crippen molar-refractivity contribution in [2.24, 2.45) is 0 Å². The number of alkyl carbamates (subject to hydrolysis) is 1. The van der Waals surface area contributed by atoms with Crippen LogP contribution in [0.3, 0.4) is 0 Å². The van der Waals surface area contributed by atoms with Crippen LogP contribution in [-0.4, -0.2) is 46.8 Å². The molecule has 172 valence electrons. The minimum atomic E-state index is -1.25. The molecular weight excluding hydrogens is 432 g/mol. The van der Waals surface area contributed by atoms with Gasteiger partial charge >= 0.3 is 6.09 Å². The van der Waals surface area contributed by atoms with Crippen LogP contribution in [0.2, 0.25) is 0 Å². The van der Waals surface area contributed by atoms with Gasteiger partial charge in [0.1, 0.15) is 18.8 Å². The van der Waals surface area contributed by atoms with Gasteiger partial charge in [-0.25, -0.2) is 4.79 Å². The quantitative estimate of drug-likeness (QED) is 0.315. The number of amides is 1. The summed E-state index contributed by atoms with van der Waals surface area (Å²) in [4.78, 5) is 26.5. The monoisotopic (exact) mass is 456 g/mol. The molecule has 1 aliphatic carbocycles. The first-order valence-electron chi connectivity index (χ1n) is 11.1. The van der Waals surface area contributed by atoms with Gasteiger partial charge in [0, 0.05) is 35.1 Å². The molecule has 5 rings (SSSR count). The van der Waals surface area contributed by atoms with Crippen molar-refractivity contribution in [3.63, 3.8) is 0 Å². The number of H-pyrrole nitrogens is 1. The molecule has 0 bridgehead atoms. The van der Waals surface area contributed by atoms with E-state index in [0.717, 1.165) is 34.1 Å². The van der Waals surface area contributed by atoms with Gasteiger partial charge in [-0.15, -0.1) is 0 Å². The lowest BCUT2D eigenvalue weighted by Crippen LogP contribution is -2.36. The number of aromatic nitrogens is 1. The summed E-state index contributed by atoms with van der Waals surface area (Å²) in [6.07, 6.45) is -0.853. The van der Waals surface area contributed by atoms with Crippen molar-refractivity contribution >= 4 is 23.3 Å². The zero-order chi connectivity index (χ0) is 23.7. The highest BCUT2D eigenvalue weighted by molar-refractivity contribution is 5.97. The Bertz CT molecular complexity index is 1320. The predicted octanol–water partition coefficient (Wildman–Crippen LogP) is 3.91. The van der Waals surface area contributed by atoms with E-state index >= 15 is 0 Å². The summed E-state index contributed by atoms with van der Waals surface area (Å²) in [5.74, 6) is -0.0613. The van der Waals surface area contributed by atoms with Crippen molar-refractivity contribution < 1.29 is 24.5 Å². The second kappa shape index (κ2) is 9.13. The van der Waals surface area contributed by atoms with Crippen molar-refractivity contribution in [2.45, 2.75) is 18.1 Å². The van der Waals surface area contributed by atoms with Gasteiger partial charge in [-0.3, -0.25) is 4.79 Å². The summed E-state index contributed by atoms with van der Waals surface area (Å²) < 4.78 is 5.47. The Labute approximate surface area is 196 Å². The molecule has 4 N–H and O–H groups in total. The zero-order valence-corrected chi connectivity index (χ0v) is 18.3. The zero-order valence-electron chi connectivity index (χ0n) is 18.3. The van der Waals surface area contributed by atoms with E-state index in [9.17, 15) is 19.8 Å². The average molecular weight is 456 g/mol. The van der Waals surface area contributed by atoms with Gasteiger partial charge in [0.2, 0.25) is 0 Å². The molecule has 1 amide bonds. The molecule has 0 radical (unpaired) electrons. The minimum absolute atomic E-state index is 0.0613. The van der Waals surface area contributed by atoms with Gasteiger partial charge < -0.3 is 25.3 Å². The van der Waals surface area contributed by atoms with Crippen LogP contribution in [0.5, 0.6) is 0 Å². The molecule has 7 nitrogen and oxygen atoms in total. The summed E-state index contributed by atoms with van der Waals surface area (Å²) in [5, 5.41) is 24.1. The van der Waals surface area contributed by atoms with Crippen LogP contribution in [0.1, 0.15) is 39.1 Å². The van der Waals surface area contributed by atoms with Crippen LogP contribution in [0, 0.1) is 0 Å². The number of fused-ring (bicyclic) bond motifs is 4. The Hall–Kier alpha value is -3.94. The van der Waals surface area contributed by atoms with Gasteiger partial charge in [-0.1, -0.05) is 54.6 Å². The number of aldehydes is 1. The average Bonchev–Trinajstić information content (AvgIpc) is 3.43. The van der Waals surface area contributed by atoms with Crippen LogP contribution in [0.25, 0.3) is 22.0 Å². The first-order valence-corrected chi connectivity index (χ1v) is 11.1. The van der Waals surface area contributed by atoms with E-state index in [1.54, 1.807) is 24.4 Å². The van der Waals surface area contributed by atoms with Crippen LogP contribution < -0.4 is 5.32 Å². The maximum Gasteiger partial charge on any atom is 0.407 e. The highest BCUT2D eigenvalue weighted by Crippen LogP contribution is 2.44. The highest BCUT2D eigenvalue weighted by atomic mass is 16.5. The third-order valence-electron chi connectivity index (χ3n) is 6.37. The second-order valence-corrected chi connectivity index (χ2v) is 8.39. The van der Waals surface area contributed by atoms with Gasteiger partial charge in [0.15, 0.2) is 6.29 Å². The van der Waals surface area contributed by atoms with Gasteiger partial charge in [-0.05, 0) is 39.9 Å². The number of carbonyl (C=O) groups excluding carboxylic acids is 2. The minimum Gasteiger partial charge on any atom is -0.449 e. The lowest BCUT2D eigenvalue weighted by atomic mass is 9.98. The Balaban J connectivity index is 1.19. The van der Waals surface area contributed by atoms with E-state index in [0.29, 0.717) is 16.5 Å². The molecule has 1 aliphatic rings. The standard InChI is InChI=1S/C27H24N2O5/c30-14-17-12-28-24-10-9-16(11-22(17)24)26(32)25(31)13-29-27(33)34-15-23-20-7-3-1-5-18(20)19-6-2-4-8-21(19)23/h1-12,14,23,25-26,28,31-32H,13,15H2,(H,29,33). The Kier molecular flexibility index (Phi) is 5.88. The first kappa shape index (κ1) is 21.9. The fourth-order valence-corrected chi connectivity index (χ4v) is 4.61. The number of ether oxygens (including phenoxy) is 1. The number of benzene rings is 3. The molecule has 3 aromatic carbocycles. The van der Waals surface area contributed by atoms with Crippen molar-refractivity contribution in [1.29, 1.82) is 0 Å². The Morgan fingerprint density at radius 3 is 2.38 bits per heavy atom. The van der Waals surface area contributed by atoms with Crippen molar-refractivity contribution in [3.8, 4) is 11.1 Å². The first-order chi connectivity index (χ1) is 16.6. The summed E-state index contributed by atoms with van der Waals surface area (Å²) in [6.45, 7) is -0.0271. The van der Waals surface area contributed by atoms with E-state index in [-0.39, 0.29) is 19.1 Å². The molecule has 0 saturated heterocycles. The summed E-state index contributed by atoms with van der Waals surface area (Å²) in [5.41, 5.74) is 6.17. The normalized spacial score (nSPS) is 14.3. The molecule has 2 unspecified atom stereocenters. The SMILES string of the molecule is O=Cc1c[nH]c2ccc(C(O)C(O)CNC(=O)OCC3c4ccccc4-c4ccccc43)cc12. The van der Waals surface area contributed by atoms with E-state index in [1.807, 2.05) is 36.4 Å². The van der Waals surface area contributed by atoms with Crippen LogP contribution in [0.4, 0.5) is 4.79 Å². The van der Waals surface area contributed by atoms with Crippen LogP contribution in [0.15, 0.2) is 72.9 Å². The maximum absolute atomic E-state index is 12.3. The number of aliphatic hydroxyl groups is 2. The molecule has 0 fully saturated rings. The number of nitrogens with one attached hydrogen (secondary N) is 2. The van der Waals surface area contributed by atoms with Crippen molar-refractivity contribution in [1.82, 2.24) is 10.3 Å². The number of hydrogen-bond acceptors (Lipinski definition) is 5. The lowest BCUT2D eigenvalue weighted by Gasteiger charge is -2.19. The fraction of sp³-hybridized carbons (Fsp3) is 0.185. The van der Waals surface area contributed by atoms with E-state index in [1.165, 1.54) is 0 Å². The van der Waals surface area contributed by atoms with E-state index in [4.69, 9.17) is 4.74 Å². The molecule has 34 heavy (non-hydrogen) atoms. The second-order valence-electron chi connectivity index (χ2n) is 8.39. The molecule has 0 spiro atoms. The molecule has 4 aromatic rings. The maximum atomic E-state index is 12.3. The summed E-state index contributed by atoms with van der Waals surface area (Å²) in [6, 6.07) is 21.2. The van der Waals surface area contributed by atoms with E-state index < -0.39 is 18.3 Å². The number of aliphatic hydroxyl groups excluding tert-OH is 2. The van der Waals surface area contributed by atoms with E-state index in [2.05, 4.69) is 22.4 Å². The smallest absolute Gasteiger partial charge is 0.407 e. The third kappa shape index (κ3) is 3.96. The number of carbonyl (C=O) groups is 2. The number of rotatable bonds is 7. The van der Waals surface area contributed by atoms with Crippen molar-refractivity contribution in [3.05, 3.63) is 95.2 Å². The summed E-state index contributed by atoms with van der Waals surface area (Å²) in [7, 11) is 0. The molecular formula is C27H24N2O5. The molecule has 0 aliphatic heterocycles. The van der Waals surface area contributed by atoms with Gasteiger partial charge in [0.25, 0.3) is 0 Å². The molecule has 1 heterocycles. The van der Waals surface area contributed by atoms with Crippen LogP contribution in [-0.2, 0) is 4.74 Å². The largest absolute Gasteiger partial charge is 0.449 e. The fourth-order valence-electron chi connectivity index (χ4n) is 4.61. The van der Waals surface area contributed by atoms with Gasteiger partial charge in [0.05, 0.1) is 0 Å². The molecule has 7 heteroatoms. The lowest BCUT2D eigenvalue weighted by molar-refractivity contribution is 0.0186. The Morgan fingerprint density at radius 1 is 1.03 bits per heavy atom. The molecule has 1 aromatic heterocycles. The number of hydrogen-bond donors (Lipinski definition) is 4. The summed E-state index contributed by atoms with van der Waals surface area (Å²) >= 11 is 0. The topological polar surface area (TPSA) is 112 Å². The van der Waals surface area contributed by atoms with Gasteiger partial charge in [-0.2, -0.15) is 0 Å².